The second-order valence-corrected chi connectivity index (χ2v) is 4.77. The molecule has 1 atom stereocenters. The van der Waals surface area contributed by atoms with E-state index in [1.54, 1.807) is 0 Å². The summed E-state index contributed by atoms with van der Waals surface area (Å²) in [6.07, 6.45) is 6.00. The first-order chi connectivity index (χ1) is 7.90. The smallest absolute Gasteiger partial charge is 0.0994 e. The van der Waals surface area contributed by atoms with E-state index in [0.29, 0.717) is 6.04 Å². The molecule has 1 fully saturated rings. The lowest BCUT2D eigenvalue weighted by atomic mass is 9.93. The van der Waals surface area contributed by atoms with Gasteiger partial charge in [-0.15, -0.1) is 0 Å². The van der Waals surface area contributed by atoms with E-state index in [1.165, 1.54) is 42.4 Å². The van der Waals surface area contributed by atoms with Crippen LogP contribution in [-0.2, 0) is 12.8 Å². The van der Waals surface area contributed by atoms with Gasteiger partial charge in [-0.1, -0.05) is 6.07 Å². The van der Waals surface area contributed by atoms with Crippen LogP contribution in [0.2, 0.25) is 0 Å². The fourth-order valence-electron chi connectivity index (χ4n) is 3.12. The Morgan fingerprint density at radius 3 is 2.81 bits per heavy atom. The number of nitrogens with zero attached hydrogens (tertiary/aromatic N) is 1. The zero-order valence-corrected chi connectivity index (χ0v) is 9.42. The Morgan fingerprint density at radius 2 is 2.06 bits per heavy atom. The van der Waals surface area contributed by atoms with Gasteiger partial charge in [0.15, 0.2) is 0 Å². The van der Waals surface area contributed by atoms with Crippen LogP contribution in [-0.4, -0.2) is 6.54 Å². The maximum Gasteiger partial charge on any atom is 0.0994 e. The molecule has 0 radical (unpaired) electrons. The van der Waals surface area contributed by atoms with E-state index in [9.17, 15) is 0 Å². The van der Waals surface area contributed by atoms with Gasteiger partial charge in [0.2, 0.25) is 0 Å². The fraction of sp³-hybridized carbons (Fsp3) is 0.500. The molecule has 1 saturated heterocycles. The molecular weight excluding hydrogens is 196 g/mol. The van der Waals surface area contributed by atoms with Crippen molar-refractivity contribution < 1.29 is 0 Å². The SMILES string of the molecule is N#Cc1ccc([C@@H]2CCCN2)c2c1CCC2. The van der Waals surface area contributed by atoms with Gasteiger partial charge >= 0.3 is 0 Å². The normalized spacial score (nSPS) is 23.1. The van der Waals surface area contributed by atoms with Gasteiger partial charge in [-0.2, -0.15) is 5.26 Å². The van der Waals surface area contributed by atoms with Crippen molar-refractivity contribution in [1.29, 1.82) is 5.26 Å². The molecule has 0 amide bonds. The Hall–Kier alpha value is -1.33. The Balaban J connectivity index is 2.07. The fourth-order valence-corrected chi connectivity index (χ4v) is 3.12. The Bertz CT molecular complexity index is 451. The summed E-state index contributed by atoms with van der Waals surface area (Å²) in [7, 11) is 0. The molecule has 1 aliphatic heterocycles. The molecule has 0 unspecified atom stereocenters. The highest BCUT2D eigenvalue weighted by atomic mass is 14.9. The molecule has 2 nitrogen and oxygen atoms in total. The van der Waals surface area contributed by atoms with Crippen molar-refractivity contribution in [2.45, 2.75) is 38.1 Å². The highest BCUT2D eigenvalue weighted by Crippen LogP contribution is 2.34. The van der Waals surface area contributed by atoms with Crippen LogP contribution in [0.5, 0.6) is 0 Å². The van der Waals surface area contributed by atoms with Gasteiger partial charge in [0.1, 0.15) is 0 Å². The van der Waals surface area contributed by atoms with E-state index in [-0.39, 0.29) is 0 Å². The number of nitriles is 1. The molecule has 16 heavy (non-hydrogen) atoms. The van der Waals surface area contributed by atoms with Crippen LogP contribution in [0.4, 0.5) is 0 Å². The van der Waals surface area contributed by atoms with E-state index in [1.807, 2.05) is 6.07 Å². The van der Waals surface area contributed by atoms with Crippen molar-refractivity contribution in [2.75, 3.05) is 6.54 Å². The second-order valence-electron chi connectivity index (χ2n) is 4.77. The van der Waals surface area contributed by atoms with Crippen molar-refractivity contribution in [1.82, 2.24) is 5.32 Å². The summed E-state index contributed by atoms with van der Waals surface area (Å²) in [5.74, 6) is 0. The summed E-state index contributed by atoms with van der Waals surface area (Å²) in [5.41, 5.74) is 5.16. The third kappa shape index (κ3) is 1.44. The average molecular weight is 212 g/mol. The van der Waals surface area contributed by atoms with Gasteiger partial charge in [-0.25, -0.2) is 0 Å². The monoisotopic (exact) mass is 212 g/mol. The number of fused-ring (bicyclic) bond motifs is 1. The topological polar surface area (TPSA) is 35.8 Å². The van der Waals surface area contributed by atoms with Crippen LogP contribution in [0.3, 0.4) is 0 Å². The summed E-state index contributed by atoms with van der Waals surface area (Å²) < 4.78 is 0. The molecule has 0 saturated carbocycles. The lowest BCUT2D eigenvalue weighted by molar-refractivity contribution is 0.641. The Kier molecular flexibility index (Phi) is 2.41. The van der Waals surface area contributed by atoms with Gasteiger partial charge in [-0.3, -0.25) is 0 Å². The minimum Gasteiger partial charge on any atom is -0.310 e. The van der Waals surface area contributed by atoms with E-state index in [4.69, 9.17) is 5.26 Å². The molecule has 2 aliphatic rings. The number of hydrogen-bond acceptors (Lipinski definition) is 2. The number of rotatable bonds is 1. The van der Waals surface area contributed by atoms with Crippen molar-refractivity contribution in [3.63, 3.8) is 0 Å². The van der Waals surface area contributed by atoms with E-state index < -0.39 is 0 Å². The third-order valence-corrected chi connectivity index (χ3v) is 3.88. The van der Waals surface area contributed by atoms with Gasteiger partial charge in [0.25, 0.3) is 0 Å². The first-order valence-corrected chi connectivity index (χ1v) is 6.18. The van der Waals surface area contributed by atoms with Gasteiger partial charge in [0, 0.05) is 6.04 Å². The van der Waals surface area contributed by atoms with Crippen LogP contribution >= 0.6 is 0 Å². The minimum absolute atomic E-state index is 0.541. The third-order valence-electron chi connectivity index (χ3n) is 3.88. The quantitative estimate of drug-likeness (QED) is 0.776. The van der Waals surface area contributed by atoms with E-state index in [0.717, 1.165) is 18.5 Å². The zero-order valence-electron chi connectivity index (χ0n) is 9.42. The lowest BCUT2D eigenvalue weighted by Crippen LogP contribution is -2.15. The van der Waals surface area contributed by atoms with Crippen molar-refractivity contribution in [3.05, 3.63) is 34.4 Å². The number of benzene rings is 1. The van der Waals surface area contributed by atoms with Crippen molar-refractivity contribution in [2.24, 2.45) is 0 Å². The summed E-state index contributed by atoms with van der Waals surface area (Å²) >= 11 is 0. The largest absolute Gasteiger partial charge is 0.310 e. The summed E-state index contributed by atoms with van der Waals surface area (Å²) in [6, 6.07) is 7.05. The highest BCUT2D eigenvalue weighted by molar-refractivity contribution is 5.50. The second kappa shape index (κ2) is 3.92. The van der Waals surface area contributed by atoms with Crippen LogP contribution in [0.15, 0.2) is 12.1 Å². The molecule has 3 rings (SSSR count). The van der Waals surface area contributed by atoms with Crippen molar-refractivity contribution in [3.8, 4) is 6.07 Å². The molecule has 1 N–H and O–H groups in total. The molecule has 0 spiro atoms. The predicted octanol–water partition coefficient (Wildman–Crippen LogP) is 2.47. The average Bonchev–Trinajstić information content (AvgIpc) is 2.98. The Morgan fingerprint density at radius 1 is 1.19 bits per heavy atom. The first kappa shape index (κ1) is 9.86. The zero-order chi connectivity index (χ0) is 11.0. The number of hydrogen-bond donors (Lipinski definition) is 1. The minimum atomic E-state index is 0.541. The van der Waals surface area contributed by atoms with Crippen LogP contribution in [0.1, 0.15) is 47.6 Å². The van der Waals surface area contributed by atoms with Gasteiger partial charge in [-0.05, 0) is 61.4 Å². The van der Waals surface area contributed by atoms with Crippen LogP contribution in [0.25, 0.3) is 0 Å². The molecule has 0 aromatic heterocycles. The van der Waals surface area contributed by atoms with Crippen LogP contribution in [0, 0.1) is 11.3 Å². The summed E-state index contributed by atoms with van der Waals surface area (Å²) in [4.78, 5) is 0. The highest BCUT2D eigenvalue weighted by Gasteiger charge is 2.24. The maximum atomic E-state index is 9.09. The van der Waals surface area contributed by atoms with E-state index >= 15 is 0 Å². The summed E-state index contributed by atoms with van der Waals surface area (Å²) in [6.45, 7) is 1.14. The molecule has 1 aromatic rings. The first-order valence-electron chi connectivity index (χ1n) is 6.18. The lowest BCUT2D eigenvalue weighted by Gasteiger charge is -2.16. The summed E-state index contributed by atoms with van der Waals surface area (Å²) in [5, 5.41) is 12.6. The molecule has 1 aliphatic carbocycles. The standard InChI is InChI=1S/C14H16N2/c15-9-10-6-7-13(14-5-2-8-16-14)12-4-1-3-11(10)12/h6-7,14,16H,1-5,8H2/t14-/m0/s1. The predicted molar refractivity (Wildman–Crippen MR) is 63.2 cm³/mol. The molecule has 1 aromatic carbocycles. The molecule has 1 heterocycles. The molecule has 0 bridgehead atoms. The number of nitrogens with one attached hydrogen (secondary N) is 1. The molecule has 82 valence electrons. The Labute approximate surface area is 96.3 Å². The maximum absolute atomic E-state index is 9.09. The van der Waals surface area contributed by atoms with Crippen LogP contribution < -0.4 is 5.32 Å². The van der Waals surface area contributed by atoms with Crippen molar-refractivity contribution >= 4 is 0 Å². The molecule has 2 heteroatoms. The van der Waals surface area contributed by atoms with E-state index in [2.05, 4.69) is 17.5 Å². The molecular formula is C14H16N2. The van der Waals surface area contributed by atoms with Gasteiger partial charge in [0.05, 0.1) is 11.6 Å². The van der Waals surface area contributed by atoms with Gasteiger partial charge < -0.3 is 5.32 Å².